The molecule has 4 heteroatoms. The van der Waals surface area contributed by atoms with Crippen LogP contribution in [0.15, 0.2) is 0 Å². The van der Waals surface area contributed by atoms with Crippen LogP contribution in [0.1, 0.15) is 74.7 Å². The Labute approximate surface area is 142 Å². The highest BCUT2D eigenvalue weighted by molar-refractivity contribution is 5.85. The van der Waals surface area contributed by atoms with Crippen molar-refractivity contribution in [3.63, 3.8) is 0 Å². The van der Waals surface area contributed by atoms with Crippen LogP contribution in [0.4, 0.5) is 0 Å². The predicted molar refractivity (Wildman–Crippen MR) is 95.4 cm³/mol. The van der Waals surface area contributed by atoms with Gasteiger partial charge in [0.1, 0.15) is 5.78 Å². The van der Waals surface area contributed by atoms with Gasteiger partial charge in [0.25, 0.3) is 0 Å². The smallest absolute Gasteiger partial charge is 0.220 e. The van der Waals surface area contributed by atoms with Crippen molar-refractivity contribution in [1.82, 2.24) is 5.32 Å². The van der Waals surface area contributed by atoms with Gasteiger partial charge in [-0.25, -0.2) is 0 Å². The molecule has 0 fully saturated rings. The third kappa shape index (κ3) is 11.3. The molecule has 0 aromatic rings. The Kier molecular flexibility index (Phi) is 9.04. The molecule has 136 valence electrons. The number of ketones is 1. The second-order valence-electron chi connectivity index (χ2n) is 8.70. The molecule has 0 spiro atoms. The number of carbonyl (C=O) groups is 2. The summed E-state index contributed by atoms with van der Waals surface area (Å²) in [6, 6.07) is 0. The Morgan fingerprint density at radius 1 is 1.00 bits per heavy atom. The van der Waals surface area contributed by atoms with Gasteiger partial charge in [0.15, 0.2) is 0 Å². The third-order valence-electron chi connectivity index (χ3n) is 3.72. The minimum Gasteiger partial charge on any atom is -0.375 e. The van der Waals surface area contributed by atoms with Gasteiger partial charge in [0.2, 0.25) is 5.91 Å². The fraction of sp³-hybridized carbons (Fsp3) is 0.895. The van der Waals surface area contributed by atoms with Crippen molar-refractivity contribution in [1.29, 1.82) is 0 Å². The second-order valence-corrected chi connectivity index (χ2v) is 8.70. The molecule has 0 aliphatic carbocycles. The molecule has 0 aliphatic heterocycles. The van der Waals surface area contributed by atoms with Crippen molar-refractivity contribution in [3.8, 4) is 0 Å². The zero-order valence-electron chi connectivity index (χ0n) is 16.4. The van der Waals surface area contributed by atoms with Crippen molar-refractivity contribution in [3.05, 3.63) is 0 Å². The molecular weight excluding hydrogens is 290 g/mol. The summed E-state index contributed by atoms with van der Waals surface area (Å²) in [7, 11) is 0. The maximum absolute atomic E-state index is 11.9. The molecule has 0 radical (unpaired) electrons. The topological polar surface area (TPSA) is 55.4 Å². The van der Waals surface area contributed by atoms with Crippen LogP contribution in [0.3, 0.4) is 0 Å². The predicted octanol–water partition coefficient (Wildman–Crippen LogP) is 3.98. The van der Waals surface area contributed by atoms with Crippen LogP contribution in [0.5, 0.6) is 0 Å². The first kappa shape index (κ1) is 22.1. The lowest BCUT2D eigenvalue weighted by Gasteiger charge is -2.35. The minimum absolute atomic E-state index is 0.00172. The van der Waals surface area contributed by atoms with E-state index < -0.39 is 0 Å². The van der Waals surface area contributed by atoms with Gasteiger partial charge in [-0.3, -0.25) is 9.59 Å². The van der Waals surface area contributed by atoms with Crippen LogP contribution >= 0.6 is 0 Å². The van der Waals surface area contributed by atoms with E-state index in [1.807, 2.05) is 13.8 Å². The highest BCUT2D eigenvalue weighted by atomic mass is 16.5. The molecule has 1 N–H and O–H groups in total. The zero-order valence-corrected chi connectivity index (χ0v) is 16.4. The largest absolute Gasteiger partial charge is 0.375 e. The summed E-state index contributed by atoms with van der Waals surface area (Å²) >= 11 is 0. The van der Waals surface area contributed by atoms with Gasteiger partial charge in [-0.05, 0) is 31.6 Å². The van der Waals surface area contributed by atoms with Crippen LogP contribution in [0.25, 0.3) is 0 Å². The number of Topliss-reactive ketones (excluding diaryl/α,β-unsaturated/α-hetero) is 1. The van der Waals surface area contributed by atoms with E-state index >= 15 is 0 Å². The first-order valence-corrected chi connectivity index (χ1v) is 8.78. The van der Waals surface area contributed by atoms with E-state index in [1.165, 1.54) is 0 Å². The maximum Gasteiger partial charge on any atom is 0.220 e. The summed E-state index contributed by atoms with van der Waals surface area (Å²) < 4.78 is 5.98. The lowest BCUT2D eigenvalue weighted by molar-refractivity contribution is -0.127. The Morgan fingerprint density at radius 3 is 2.04 bits per heavy atom. The van der Waals surface area contributed by atoms with Gasteiger partial charge in [-0.1, -0.05) is 41.5 Å². The number of nitrogens with one attached hydrogen (secondary N) is 1. The molecule has 0 aliphatic rings. The van der Waals surface area contributed by atoms with Crippen molar-refractivity contribution in [2.24, 2.45) is 17.3 Å². The monoisotopic (exact) mass is 327 g/mol. The SMILES string of the molecule is CC(C)COC(C)(C)CC(C)(C)CNC(=O)CCC(=O)C(C)C. The summed E-state index contributed by atoms with van der Waals surface area (Å²) in [6.45, 7) is 17.8. The van der Waals surface area contributed by atoms with E-state index in [4.69, 9.17) is 4.74 Å². The van der Waals surface area contributed by atoms with Crippen LogP contribution in [0.2, 0.25) is 0 Å². The molecule has 0 bridgehead atoms. The average molecular weight is 328 g/mol. The number of carbonyl (C=O) groups excluding carboxylic acids is 2. The fourth-order valence-electron chi connectivity index (χ4n) is 2.61. The van der Waals surface area contributed by atoms with E-state index in [0.29, 0.717) is 18.9 Å². The summed E-state index contributed by atoms with van der Waals surface area (Å²) in [4.78, 5) is 23.5. The van der Waals surface area contributed by atoms with E-state index in [2.05, 4.69) is 46.9 Å². The Hall–Kier alpha value is -0.900. The van der Waals surface area contributed by atoms with Crippen LogP contribution < -0.4 is 5.32 Å². The molecule has 0 unspecified atom stereocenters. The van der Waals surface area contributed by atoms with Crippen molar-refractivity contribution < 1.29 is 14.3 Å². The Morgan fingerprint density at radius 2 is 1.57 bits per heavy atom. The molecule has 0 aromatic carbocycles. The number of ether oxygens (including phenoxy) is 1. The Balaban J connectivity index is 4.25. The van der Waals surface area contributed by atoms with E-state index in [9.17, 15) is 9.59 Å². The van der Waals surface area contributed by atoms with Gasteiger partial charge >= 0.3 is 0 Å². The maximum atomic E-state index is 11.9. The second kappa shape index (κ2) is 9.41. The van der Waals surface area contributed by atoms with Crippen LogP contribution in [0, 0.1) is 17.3 Å². The first-order valence-electron chi connectivity index (χ1n) is 8.78. The molecule has 23 heavy (non-hydrogen) atoms. The molecule has 0 saturated carbocycles. The molecule has 0 aromatic heterocycles. The van der Waals surface area contributed by atoms with Gasteiger partial charge < -0.3 is 10.1 Å². The Bertz CT molecular complexity index is 384. The molecule has 0 saturated heterocycles. The van der Waals surface area contributed by atoms with E-state index in [1.54, 1.807) is 0 Å². The van der Waals surface area contributed by atoms with Crippen molar-refractivity contribution >= 4 is 11.7 Å². The van der Waals surface area contributed by atoms with Crippen LogP contribution in [-0.4, -0.2) is 30.4 Å². The highest BCUT2D eigenvalue weighted by Gasteiger charge is 2.30. The molecular formula is C19H37NO3. The minimum atomic E-state index is -0.216. The summed E-state index contributed by atoms with van der Waals surface area (Å²) in [5, 5.41) is 2.96. The first-order chi connectivity index (χ1) is 10.3. The number of rotatable bonds is 11. The summed E-state index contributed by atoms with van der Waals surface area (Å²) in [5.74, 6) is 0.601. The molecule has 0 atom stereocenters. The molecule has 4 nitrogen and oxygen atoms in total. The van der Waals surface area contributed by atoms with E-state index in [0.717, 1.165) is 13.0 Å². The van der Waals surface area contributed by atoms with Gasteiger partial charge in [-0.15, -0.1) is 0 Å². The molecule has 1 amide bonds. The standard InChI is InChI=1S/C19H37NO3/c1-14(2)11-23-19(7,8)12-18(5,6)13-20-17(22)10-9-16(21)15(3)4/h14-15H,9-13H2,1-8H3,(H,20,22). The fourth-order valence-corrected chi connectivity index (χ4v) is 2.61. The average Bonchev–Trinajstić information content (AvgIpc) is 2.39. The quantitative estimate of drug-likeness (QED) is 0.624. The number of amides is 1. The van der Waals surface area contributed by atoms with Gasteiger partial charge in [0, 0.05) is 31.9 Å². The normalized spacial score (nSPS) is 12.8. The van der Waals surface area contributed by atoms with Gasteiger partial charge in [-0.2, -0.15) is 0 Å². The summed E-state index contributed by atoms with van der Waals surface area (Å²) in [6.07, 6.45) is 1.46. The molecule has 0 rings (SSSR count). The number of hydrogen-bond acceptors (Lipinski definition) is 3. The highest BCUT2D eigenvalue weighted by Crippen LogP contribution is 2.30. The van der Waals surface area contributed by atoms with Crippen LogP contribution in [-0.2, 0) is 14.3 Å². The molecule has 0 heterocycles. The number of hydrogen-bond donors (Lipinski definition) is 1. The lowest BCUT2D eigenvalue weighted by Crippen LogP contribution is -2.40. The summed E-state index contributed by atoms with van der Waals surface area (Å²) in [5.41, 5.74) is -0.274. The van der Waals surface area contributed by atoms with E-state index in [-0.39, 0.29) is 35.0 Å². The third-order valence-corrected chi connectivity index (χ3v) is 3.72. The zero-order chi connectivity index (χ0) is 18.3. The van der Waals surface area contributed by atoms with Crippen molar-refractivity contribution in [2.75, 3.05) is 13.2 Å². The lowest BCUT2D eigenvalue weighted by atomic mass is 9.81. The van der Waals surface area contributed by atoms with Crippen molar-refractivity contribution in [2.45, 2.75) is 80.3 Å². The van der Waals surface area contributed by atoms with Gasteiger partial charge in [0.05, 0.1) is 5.60 Å².